The van der Waals surface area contributed by atoms with Crippen molar-refractivity contribution in [3.63, 3.8) is 0 Å². The Morgan fingerprint density at radius 2 is 1.95 bits per heavy atom. The van der Waals surface area contributed by atoms with Crippen LogP contribution >= 0.6 is 0 Å². The predicted octanol–water partition coefficient (Wildman–Crippen LogP) is 1.45. The van der Waals surface area contributed by atoms with Crippen LogP contribution in [-0.4, -0.2) is 38.6 Å². The third-order valence-corrected chi connectivity index (χ3v) is 3.64. The average molecular weight is 309 g/mol. The zero-order chi connectivity index (χ0) is 16.4. The minimum atomic E-state index is -0.824. The van der Waals surface area contributed by atoms with Crippen molar-refractivity contribution < 1.29 is 28.2 Å². The lowest BCUT2D eigenvalue weighted by atomic mass is 10.1. The second-order valence-corrected chi connectivity index (χ2v) is 5.04. The summed E-state index contributed by atoms with van der Waals surface area (Å²) < 4.78 is 23.0. The summed E-state index contributed by atoms with van der Waals surface area (Å²) in [7, 11) is 2.41. The van der Waals surface area contributed by atoms with Gasteiger partial charge in [0.15, 0.2) is 0 Å². The van der Waals surface area contributed by atoms with Crippen LogP contribution in [0, 0.1) is 18.7 Å². The average Bonchev–Trinajstić information content (AvgIpc) is 2.87. The molecular formula is C15H16FNO5. The van der Waals surface area contributed by atoms with Crippen molar-refractivity contribution in [3.8, 4) is 0 Å². The molecule has 1 amide bonds. The molecule has 1 heterocycles. The number of halogens is 1. The third-order valence-electron chi connectivity index (χ3n) is 3.64. The third kappa shape index (κ3) is 2.79. The van der Waals surface area contributed by atoms with Crippen LogP contribution in [0.25, 0.3) is 0 Å². The van der Waals surface area contributed by atoms with Gasteiger partial charge < -0.3 is 14.4 Å². The number of nitrogens with zero attached hydrogens (tertiary/aromatic N) is 1. The summed E-state index contributed by atoms with van der Waals surface area (Å²) in [4.78, 5) is 36.6. The van der Waals surface area contributed by atoms with E-state index in [1.165, 1.54) is 24.1 Å². The van der Waals surface area contributed by atoms with Crippen LogP contribution in [-0.2, 0) is 19.1 Å². The van der Waals surface area contributed by atoms with E-state index in [0.29, 0.717) is 11.3 Å². The number of aryl methyl sites for hydroxylation is 1. The van der Waals surface area contributed by atoms with Crippen LogP contribution in [0.15, 0.2) is 12.1 Å². The van der Waals surface area contributed by atoms with Crippen molar-refractivity contribution in [2.24, 2.45) is 5.92 Å². The molecule has 6 nitrogen and oxygen atoms in total. The first-order valence-electron chi connectivity index (χ1n) is 6.65. The van der Waals surface area contributed by atoms with Gasteiger partial charge in [-0.05, 0) is 24.6 Å². The van der Waals surface area contributed by atoms with Gasteiger partial charge in [-0.25, -0.2) is 9.18 Å². The quantitative estimate of drug-likeness (QED) is 0.790. The van der Waals surface area contributed by atoms with Crippen LogP contribution in [0.3, 0.4) is 0 Å². The maximum Gasteiger partial charge on any atom is 0.340 e. The number of hydrogen-bond donors (Lipinski definition) is 0. The molecule has 1 fully saturated rings. The normalized spacial score (nSPS) is 17.5. The van der Waals surface area contributed by atoms with Gasteiger partial charge in [-0.1, -0.05) is 0 Å². The molecule has 1 aromatic carbocycles. The molecule has 0 spiro atoms. The highest BCUT2D eigenvalue weighted by atomic mass is 19.1. The molecule has 1 unspecified atom stereocenters. The van der Waals surface area contributed by atoms with E-state index < -0.39 is 23.7 Å². The predicted molar refractivity (Wildman–Crippen MR) is 75.0 cm³/mol. The molecule has 2 rings (SSSR count). The molecule has 0 radical (unpaired) electrons. The molecule has 118 valence electrons. The number of ether oxygens (including phenoxy) is 2. The fourth-order valence-electron chi connectivity index (χ4n) is 2.48. The van der Waals surface area contributed by atoms with Gasteiger partial charge >= 0.3 is 11.9 Å². The molecule has 0 aromatic heterocycles. The standard InChI is InChI=1S/C15H16FNO5/c1-8-4-11(16)10(15(20)22-3)6-12(8)17-7-9(5-13(17)18)14(19)21-2/h4,6,9H,5,7H2,1-3H3. The maximum atomic E-state index is 13.8. The highest BCUT2D eigenvalue weighted by Crippen LogP contribution is 2.30. The molecule has 0 bridgehead atoms. The molecule has 1 saturated heterocycles. The lowest BCUT2D eigenvalue weighted by Gasteiger charge is -2.20. The summed E-state index contributed by atoms with van der Waals surface area (Å²) in [6.45, 7) is 1.76. The molecule has 7 heteroatoms. The Bertz CT molecular complexity index is 643. The Morgan fingerprint density at radius 1 is 1.27 bits per heavy atom. The molecule has 0 N–H and O–H groups in total. The van der Waals surface area contributed by atoms with Crippen LogP contribution in [0.2, 0.25) is 0 Å². The van der Waals surface area contributed by atoms with Gasteiger partial charge in [-0.15, -0.1) is 0 Å². The van der Waals surface area contributed by atoms with Crippen LogP contribution < -0.4 is 4.90 Å². The van der Waals surface area contributed by atoms with E-state index in [4.69, 9.17) is 0 Å². The van der Waals surface area contributed by atoms with Gasteiger partial charge in [0.1, 0.15) is 5.82 Å². The number of hydrogen-bond acceptors (Lipinski definition) is 5. The van der Waals surface area contributed by atoms with E-state index in [-0.39, 0.29) is 24.4 Å². The van der Waals surface area contributed by atoms with Gasteiger partial charge in [-0.2, -0.15) is 0 Å². The number of methoxy groups -OCH3 is 2. The second-order valence-electron chi connectivity index (χ2n) is 5.04. The first-order valence-corrected chi connectivity index (χ1v) is 6.65. The Labute approximate surface area is 126 Å². The van der Waals surface area contributed by atoms with Gasteiger partial charge in [0, 0.05) is 18.7 Å². The molecule has 1 aliphatic heterocycles. The van der Waals surface area contributed by atoms with E-state index in [1.54, 1.807) is 6.92 Å². The largest absolute Gasteiger partial charge is 0.469 e. The first-order chi connectivity index (χ1) is 10.4. The van der Waals surface area contributed by atoms with E-state index in [9.17, 15) is 18.8 Å². The number of amides is 1. The van der Waals surface area contributed by atoms with E-state index in [0.717, 1.165) is 7.11 Å². The fourth-order valence-corrected chi connectivity index (χ4v) is 2.48. The van der Waals surface area contributed by atoms with Crippen molar-refractivity contribution in [2.75, 3.05) is 25.7 Å². The topological polar surface area (TPSA) is 72.9 Å². The molecule has 0 aliphatic carbocycles. The van der Waals surface area contributed by atoms with E-state index >= 15 is 0 Å². The molecule has 1 aromatic rings. The van der Waals surface area contributed by atoms with Gasteiger partial charge in [0.25, 0.3) is 0 Å². The number of rotatable bonds is 3. The molecule has 1 atom stereocenters. The van der Waals surface area contributed by atoms with Crippen LogP contribution in [0.1, 0.15) is 22.3 Å². The number of carbonyl (C=O) groups excluding carboxylic acids is 3. The lowest BCUT2D eigenvalue weighted by molar-refractivity contribution is -0.145. The Morgan fingerprint density at radius 3 is 2.55 bits per heavy atom. The van der Waals surface area contributed by atoms with Crippen LogP contribution in [0.5, 0.6) is 0 Å². The van der Waals surface area contributed by atoms with Gasteiger partial charge in [-0.3, -0.25) is 9.59 Å². The fraction of sp³-hybridized carbons (Fsp3) is 0.400. The molecule has 0 saturated carbocycles. The number of esters is 2. The van der Waals surface area contributed by atoms with Crippen molar-refractivity contribution in [1.29, 1.82) is 0 Å². The summed E-state index contributed by atoms with van der Waals surface area (Å²) in [6, 6.07) is 2.44. The summed E-state index contributed by atoms with van der Waals surface area (Å²) >= 11 is 0. The highest BCUT2D eigenvalue weighted by Gasteiger charge is 2.36. The minimum Gasteiger partial charge on any atom is -0.469 e. The van der Waals surface area contributed by atoms with Crippen molar-refractivity contribution in [3.05, 3.63) is 29.1 Å². The zero-order valence-corrected chi connectivity index (χ0v) is 12.5. The Hall–Kier alpha value is -2.44. The first kappa shape index (κ1) is 15.9. The molecule has 22 heavy (non-hydrogen) atoms. The summed E-state index contributed by atoms with van der Waals surface area (Å²) in [5.41, 5.74) is 0.625. The summed E-state index contributed by atoms with van der Waals surface area (Å²) in [5.74, 6) is -2.85. The Kier molecular flexibility index (Phi) is 4.44. The lowest BCUT2D eigenvalue weighted by Crippen LogP contribution is -2.27. The van der Waals surface area contributed by atoms with Crippen molar-refractivity contribution >= 4 is 23.5 Å². The smallest absolute Gasteiger partial charge is 0.340 e. The zero-order valence-electron chi connectivity index (χ0n) is 12.5. The van der Waals surface area contributed by atoms with Crippen molar-refractivity contribution in [2.45, 2.75) is 13.3 Å². The van der Waals surface area contributed by atoms with Crippen LogP contribution in [0.4, 0.5) is 10.1 Å². The van der Waals surface area contributed by atoms with Gasteiger partial charge in [0.05, 0.1) is 25.7 Å². The monoisotopic (exact) mass is 309 g/mol. The Balaban J connectivity index is 2.38. The minimum absolute atomic E-state index is 0.0248. The second kappa shape index (κ2) is 6.13. The maximum absolute atomic E-state index is 13.8. The molecular weight excluding hydrogens is 293 g/mol. The molecule has 1 aliphatic rings. The number of carbonyl (C=O) groups is 3. The number of benzene rings is 1. The van der Waals surface area contributed by atoms with E-state index in [1.807, 2.05) is 0 Å². The highest BCUT2D eigenvalue weighted by molar-refractivity contribution is 6.01. The summed E-state index contributed by atoms with van der Waals surface area (Å²) in [6.07, 6.45) is 0.0248. The SMILES string of the molecule is COC(=O)c1cc(N2CC(C(=O)OC)CC2=O)c(C)cc1F. The summed E-state index contributed by atoms with van der Waals surface area (Å²) in [5, 5.41) is 0. The van der Waals surface area contributed by atoms with Crippen molar-refractivity contribution in [1.82, 2.24) is 0 Å². The number of anilines is 1. The van der Waals surface area contributed by atoms with E-state index in [2.05, 4.69) is 9.47 Å². The van der Waals surface area contributed by atoms with Gasteiger partial charge in [0.2, 0.25) is 5.91 Å².